The van der Waals surface area contributed by atoms with Crippen molar-refractivity contribution in [2.45, 2.75) is 62.3 Å². The minimum Gasteiger partial charge on any atom is -0.508 e. The third-order valence-corrected chi connectivity index (χ3v) is 10.7. The molecule has 0 unspecified atom stereocenters. The molecule has 3 N–H and O–H groups in total. The third kappa shape index (κ3) is 4.77. The number of hydrogen-bond acceptors (Lipinski definition) is 9. The fourth-order valence-corrected chi connectivity index (χ4v) is 8.50. The van der Waals surface area contributed by atoms with Gasteiger partial charge in [-0.25, -0.2) is 13.6 Å². The van der Waals surface area contributed by atoms with Crippen LogP contribution < -0.4 is 25.2 Å². The number of aromatic nitrogens is 2. The maximum Gasteiger partial charge on any atom is 0.322 e. The van der Waals surface area contributed by atoms with E-state index in [1.807, 2.05) is 9.80 Å². The zero-order valence-electron chi connectivity index (χ0n) is 25.1. The SMILES string of the molecule is O=C1NC(=O)[C@]2(CCCN(c3nc(OC[C@@]45CCCN4C[C@H](F)C5)nc4c3CCN(c3cc(O)cc5ccc(F)c(Cl)c35)C4)C2)N1. The number of nitrogens with one attached hydrogen (secondary N) is 2. The molecule has 6 heterocycles. The molecule has 242 valence electrons. The number of phenolic OH excluding ortho intramolecular Hbond substituents is 1. The highest BCUT2D eigenvalue weighted by Gasteiger charge is 2.51. The second-order valence-corrected chi connectivity index (χ2v) is 13.6. The molecule has 2 aromatic carbocycles. The molecule has 3 amide bonds. The molecule has 5 aliphatic heterocycles. The lowest BCUT2D eigenvalue weighted by molar-refractivity contribution is -0.124. The molecule has 8 rings (SSSR count). The smallest absolute Gasteiger partial charge is 0.322 e. The molecular formula is C32H34ClF2N7O4. The van der Waals surface area contributed by atoms with Gasteiger partial charge in [0, 0.05) is 43.1 Å². The van der Waals surface area contributed by atoms with E-state index in [1.54, 1.807) is 18.2 Å². The molecule has 0 bridgehead atoms. The molecule has 5 aliphatic rings. The van der Waals surface area contributed by atoms with Crippen LogP contribution in [0.25, 0.3) is 10.8 Å². The number of phenols is 1. The van der Waals surface area contributed by atoms with Gasteiger partial charge < -0.3 is 25.0 Å². The van der Waals surface area contributed by atoms with E-state index in [0.717, 1.165) is 24.9 Å². The molecule has 11 nitrogen and oxygen atoms in total. The summed E-state index contributed by atoms with van der Waals surface area (Å²) in [7, 11) is 0. The minimum absolute atomic E-state index is 0.0238. The average Bonchev–Trinajstić information content (AvgIpc) is 3.65. The fraction of sp³-hybridized carbons (Fsp3) is 0.500. The fourth-order valence-electron chi connectivity index (χ4n) is 8.23. The number of nitrogens with zero attached hydrogens (tertiary/aromatic N) is 5. The predicted octanol–water partition coefficient (Wildman–Crippen LogP) is 3.82. The topological polar surface area (TPSA) is 123 Å². The number of urea groups is 1. The number of carbonyl (C=O) groups is 2. The first kappa shape index (κ1) is 29.4. The van der Waals surface area contributed by atoms with Gasteiger partial charge in [0.05, 0.1) is 35.0 Å². The van der Waals surface area contributed by atoms with E-state index in [9.17, 15) is 23.5 Å². The number of fused-ring (bicyclic) bond motifs is 3. The number of amides is 3. The van der Waals surface area contributed by atoms with Crippen molar-refractivity contribution in [2.75, 3.05) is 49.1 Å². The highest BCUT2D eigenvalue weighted by Crippen LogP contribution is 2.42. The molecule has 1 aromatic heterocycles. The monoisotopic (exact) mass is 653 g/mol. The van der Waals surface area contributed by atoms with Crippen molar-refractivity contribution in [1.29, 1.82) is 0 Å². The summed E-state index contributed by atoms with van der Waals surface area (Å²) < 4.78 is 35.4. The molecule has 46 heavy (non-hydrogen) atoms. The first-order valence-electron chi connectivity index (χ1n) is 15.8. The number of alkyl halides is 1. The van der Waals surface area contributed by atoms with Gasteiger partial charge in [-0.05, 0) is 56.2 Å². The van der Waals surface area contributed by atoms with Gasteiger partial charge in [0.2, 0.25) is 0 Å². The van der Waals surface area contributed by atoms with E-state index in [4.69, 9.17) is 26.3 Å². The first-order valence-corrected chi connectivity index (χ1v) is 16.2. The Morgan fingerprint density at radius 3 is 2.78 bits per heavy atom. The van der Waals surface area contributed by atoms with E-state index >= 15 is 0 Å². The second-order valence-electron chi connectivity index (χ2n) is 13.2. The molecule has 14 heteroatoms. The lowest BCUT2D eigenvalue weighted by atomic mass is 9.88. The van der Waals surface area contributed by atoms with Gasteiger partial charge in [-0.1, -0.05) is 17.7 Å². The summed E-state index contributed by atoms with van der Waals surface area (Å²) in [6.07, 6.45) is 3.00. The molecule has 0 saturated carbocycles. The van der Waals surface area contributed by atoms with Crippen LogP contribution in [0.5, 0.6) is 11.8 Å². The van der Waals surface area contributed by atoms with Crippen LogP contribution >= 0.6 is 11.6 Å². The molecule has 0 radical (unpaired) electrons. The molecule has 1 spiro atoms. The van der Waals surface area contributed by atoms with Gasteiger partial charge >= 0.3 is 12.0 Å². The van der Waals surface area contributed by atoms with E-state index in [2.05, 4.69) is 15.5 Å². The summed E-state index contributed by atoms with van der Waals surface area (Å²) in [4.78, 5) is 40.9. The third-order valence-electron chi connectivity index (χ3n) is 10.4. The van der Waals surface area contributed by atoms with Crippen molar-refractivity contribution in [2.24, 2.45) is 0 Å². The van der Waals surface area contributed by atoms with Gasteiger partial charge in [0.1, 0.15) is 35.7 Å². The molecule has 3 aromatic rings. The Kier molecular flexibility index (Phi) is 6.91. The summed E-state index contributed by atoms with van der Waals surface area (Å²) in [6.45, 7) is 3.14. The number of hydrogen-bond donors (Lipinski definition) is 3. The molecule has 4 fully saturated rings. The highest BCUT2D eigenvalue weighted by atomic mass is 35.5. The molecule has 3 atom stereocenters. The lowest BCUT2D eigenvalue weighted by Gasteiger charge is -2.40. The summed E-state index contributed by atoms with van der Waals surface area (Å²) in [5, 5.41) is 16.8. The second kappa shape index (κ2) is 10.8. The van der Waals surface area contributed by atoms with Gasteiger partial charge in [0.15, 0.2) is 0 Å². The van der Waals surface area contributed by atoms with Gasteiger partial charge in [-0.2, -0.15) is 9.97 Å². The number of aromatic hydroxyl groups is 1. The Morgan fingerprint density at radius 2 is 1.96 bits per heavy atom. The number of benzene rings is 2. The summed E-state index contributed by atoms with van der Waals surface area (Å²) >= 11 is 6.46. The lowest BCUT2D eigenvalue weighted by Crippen LogP contribution is -2.59. The van der Waals surface area contributed by atoms with Crippen LogP contribution in [-0.2, 0) is 17.8 Å². The maximum absolute atomic E-state index is 14.6. The van der Waals surface area contributed by atoms with Crippen LogP contribution in [0, 0.1) is 5.82 Å². The number of anilines is 2. The van der Waals surface area contributed by atoms with Crippen LogP contribution in [0.15, 0.2) is 24.3 Å². The van der Waals surface area contributed by atoms with Gasteiger partial charge in [0.25, 0.3) is 5.91 Å². The Labute approximate surface area is 268 Å². The van der Waals surface area contributed by atoms with E-state index in [-0.39, 0.29) is 35.8 Å². The first-order chi connectivity index (χ1) is 22.1. The minimum atomic E-state index is -1.06. The number of halogens is 3. The number of rotatable bonds is 5. The standard InChI is InChI=1S/C32H34ClF2N7O4/c33-26-22(35)4-3-18-11-20(43)12-24(25(18)26)40-10-5-21-23(15-40)36-30(46-17-31-6-1-9-42(31)14-19(34)13-31)37-27(21)41-8-2-7-32(16-41)28(44)38-29(45)39-32/h3-4,11-12,19,43H,1-2,5-10,13-17H2,(H2,38,39,44,45)/t19-,31+,32-/m1/s1. The maximum atomic E-state index is 14.6. The Hall–Kier alpha value is -3.97. The Bertz CT molecular complexity index is 1780. The highest BCUT2D eigenvalue weighted by molar-refractivity contribution is 6.37. The summed E-state index contributed by atoms with van der Waals surface area (Å²) in [5.41, 5.74) is 0.700. The number of carbonyl (C=O) groups excluding carboxylic acids is 2. The van der Waals surface area contributed by atoms with Crippen molar-refractivity contribution < 1.29 is 28.2 Å². The van der Waals surface area contributed by atoms with E-state index in [0.29, 0.717) is 79.8 Å². The summed E-state index contributed by atoms with van der Waals surface area (Å²) in [6, 6.07) is 5.65. The van der Waals surface area contributed by atoms with Crippen molar-refractivity contribution in [3.63, 3.8) is 0 Å². The van der Waals surface area contributed by atoms with Crippen LogP contribution in [0.3, 0.4) is 0 Å². The number of ether oxygens (including phenoxy) is 1. The average molecular weight is 654 g/mol. The number of piperidine rings is 1. The zero-order valence-corrected chi connectivity index (χ0v) is 25.9. The summed E-state index contributed by atoms with van der Waals surface area (Å²) in [5.74, 6) is -0.242. The largest absolute Gasteiger partial charge is 0.508 e. The normalized spacial score (nSPS) is 27.7. The quantitative estimate of drug-likeness (QED) is 0.353. The molecule has 4 saturated heterocycles. The van der Waals surface area contributed by atoms with Crippen molar-refractivity contribution in [3.05, 3.63) is 46.4 Å². The van der Waals surface area contributed by atoms with E-state index in [1.165, 1.54) is 6.07 Å². The predicted molar refractivity (Wildman–Crippen MR) is 167 cm³/mol. The van der Waals surface area contributed by atoms with Crippen LogP contribution in [0.4, 0.5) is 25.1 Å². The van der Waals surface area contributed by atoms with Gasteiger partial charge in [-0.3, -0.25) is 15.0 Å². The van der Waals surface area contributed by atoms with E-state index < -0.39 is 29.1 Å². The zero-order chi connectivity index (χ0) is 31.8. The van der Waals surface area contributed by atoms with Crippen LogP contribution in [0.1, 0.15) is 43.4 Å². The number of imide groups is 1. The molecular weight excluding hydrogens is 620 g/mol. The molecule has 0 aliphatic carbocycles. The van der Waals surface area contributed by atoms with Crippen molar-refractivity contribution in [1.82, 2.24) is 25.5 Å². The van der Waals surface area contributed by atoms with Crippen molar-refractivity contribution >= 4 is 45.8 Å². The van der Waals surface area contributed by atoms with Crippen LogP contribution in [-0.4, -0.2) is 88.5 Å². The van der Waals surface area contributed by atoms with Crippen LogP contribution in [0.2, 0.25) is 5.02 Å². The Morgan fingerprint density at radius 1 is 1.11 bits per heavy atom. The Balaban J connectivity index is 1.17. The van der Waals surface area contributed by atoms with Gasteiger partial charge in [-0.15, -0.1) is 0 Å². The van der Waals surface area contributed by atoms with Crippen molar-refractivity contribution in [3.8, 4) is 11.8 Å².